The number of anilines is 1. The Bertz CT molecular complexity index is 604. The van der Waals surface area contributed by atoms with E-state index in [1.54, 1.807) is 18.2 Å². The fourth-order valence-electron chi connectivity index (χ4n) is 1.69. The first-order chi connectivity index (χ1) is 9.11. The van der Waals surface area contributed by atoms with Crippen LogP contribution in [0.4, 0.5) is 5.69 Å². The first-order valence-electron chi connectivity index (χ1n) is 5.70. The number of hydrogen-bond donors (Lipinski definition) is 1. The molecule has 0 fully saturated rings. The number of hydrogen-bond acceptors (Lipinski definition) is 4. The molecule has 2 rings (SSSR count). The molecule has 0 bridgehead atoms. The van der Waals surface area contributed by atoms with Crippen molar-refractivity contribution in [1.82, 2.24) is 9.97 Å². The summed E-state index contributed by atoms with van der Waals surface area (Å²) in [7, 11) is 0. The Morgan fingerprint density at radius 1 is 1.42 bits per heavy atom. The minimum absolute atomic E-state index is 0.0981. The van der Waals surface area contributed by atoms with Crippen LogP contribution < -0.4 is 4.90 Å². The van der Waals surface area contributed by atoms with Crippen LogP contribution in [0.2, 0.25) is 5.15 Å². The largest absolute Gasteiger partial charge is 0.508 e. The standard InChI is InChI=1S/C13H12ClN3O2/c1-2-17(9-4-3-5-10(18)6-9)13(19)11-7-15-8-12(14)16-11/h3-8,18H,2H2,1H3. The Balaban J connectivity index is 2.34. The van der Waals surface area contributed by atoms with E-state index in [2.05, 4.69) is 9.97 Å². The second-order valence-electron chi connectivity index (χ2n) is 3.80. The molecule has 0 saturated heterocycles. The zero-order chi connectivity index (χ0) is 13.8. The summed E-state index contributed by atoms with van der Waals surface area (Å²) in [5.41, 5.74) is 0.756. The van der Waals surface area contributed by atoms with E-state index in [9.17, 15) is 9.90 Å². The summed E-state index contributed by atoms with van der Waals surface area (Å²) < 4.78 is 0. The van der Waals surface area contributed by atoms with Gasteiger partial charge in [0.1, 0.15) is 16.6 Å². The van der Waals surface area contributed by atoms with Crippen molar-refractivity contribution in [3.8, 4) is 5.75 Å². The van der Waals surface area contributed by atoms with Crippen LogP contribution in [0.15, 0.2) is 36.7 Å². The number of halogens is 1. The lowest BCUT2D eigenvalue weighted by molar-refractivity contribution is 0.0983. The highest BCUT2D eigenvalue weighted by Gasteiger charge is 2.18. The molecule has 19 heavy (non-hydrogen) atoms. The van der Waals surface area contributed by atoms with Gasteiger partial charge in [0.05, 0.1) is 12.4 Å². The van der Waals surface area contributed by atoms with Crippen LogP contribution in [0.1, 0.15) is 17.4 Å². The molecule has 1 aromatic carbocycles. The van der Waals surface area contributed by atoms with E-state index in [0.717, 1.165) is 0 Å². The third kappa shape index (κ3) is 3.00. The number of aromatic hydroxyl groups is 1. The molecule has 1 N–H and O–H groups in total. The number of rotatable bonds is 3. The molecule has 6 heteroatoms. The van der Waals surface area contributed by atoms with Crippen molar-refractivity contribution in [3.05, 3.63) is 47.5 Å². The first-order valence-corrected chi connectivity index (χ1v) is 6.08. The van der Waals surface area contributed by atoms with Gasteiger partial charge in [-0.25, -0.2) is 4.98 Å². The molecule has 0 atom stereocenters. The molecule has 0 spiro atoms. The zero-order valence-corrected chi connectivity index (χ0v) is 11.0. The second kappa shape index (κ2) is 5.67. The number of phenolic OH excluding ortho intramolecular Hbond substituents is 1. The summed E-state index contributed by atoms with van der Waals surface area (Å²) in [4.78, 5) is 21.6. The van der Waals surface area contributed by atoms with Gasteiger partial charge in [-0.1, -0.05) is 17.7 Å². The third-order valence-corrected chi connectivity index (χ3v) is 2.71. The predicted octanol–water partition coefficient (Wildman–Crippen LogP) is 2.50. The number of amides is 1. The van der Waals surface area contributed by atoms with Crippen LogP contribution >= 0.6 is 11.6 Å². The van der Waals surface area contributed by atoms with Crippen molar-refractivity contribution in [2.24, 2.45) is 0 Å². The van der Waals surface area contributed by atoms with Gasteiger partial charge in [0.15, 0.2) is 0 Å². The molecular weight excluding hydrogens is 266 g/mol. The second-order valence-corrected chi connectivity index (χ2v) is 4.18. The van der Waals surface area contributed by atoms with Gasteiger partial charge in [-0.05, 0) is 19.1 Å². The Kier molecular flexibility index (Phi) is 3.97. The molecule has 2 aromatic rings. The van der Waals surface area contributed by atoms with Crippen LogP contribution in [-0.4, -0.2) is 27.5 Å². The quantitative estimate of drug-likeness (QED) is 0.936. The summed E-state index contributed by atoms with van der Waals surface area (Å²) >= 11 is 5.72. The summed E-state index contributed by atoms with van der Waals surface area (Å²) in [5, 5.41) is 9.63. The average molecular weight is 278 g/mol. The van der Waals surface area contributed by atoms with Gasteiger partial charge in [-0.2, -0.15) is 0 Å². The number of carbonyl (C=O) groups is 1. The highest BCUT2D eigenvalue weighted by atomic mass is 35.5. The van der Waals surface area contributed by atoms with Gasteiger partial charge in [0.2, 0.25) is 0 Å². The highest BCUT2D eigenvalue weighted by molar-refractivity contribution is 6.29. The monoisotopic (exact) mass is 277 g/mol. The molecule has 5 nitrogen and oxygen atoms in total. The Morgan fingerprint density at radius 3 is 2.84 bits per heavy atom. The summed E-state index contributed by atoms with van der Waals surface area (Å²) in [6, 6.07) is 6.46. The maximum Gasteiger partial charge on any atom is 0.278 e. The van der Waals surface area contributed by atoms with Gasteiger partial charge in [0.25, 0.3) is 5.91 Å². The molecule has 1 aromatic heterocycles. The SMILES string of the molecule is CCN(C(=O)c1cncc(Cl)n1)c1cccc(O)c1. The smallest absolute Gasteiger partial charge is 0.278 e. The topological polar surface area (TPSA) is 66.3 Å². The van der Waals surface area contributed by atoms with E-state index in [0.29, 0.717) is 12.2 Å². The fraction of sp³-hybridized carbons (Fsp3) is 0.154. The normalized spacial score (nSPS) is 10.2. The van der Waals surface area contributed by atoms with E-state index in [-0.39, 0.29) is 22.5 Å². The van der Waals surface area contributed by atoms with Crippen molar-refractivity contribution in [1.29, 1.82) is 0 Å². The van der Waals surface area contributed by atoms with Crippen molar-refractivity contribution >= 4 is 23.2 Å². The minimum Gasteiger partial charge on any atom is -0.508 e. The van der Waals surface area contributed by atoms with Gasteiger partial charge in [-0.3, -0.25) is 9.78 Å². The van der Waals surface area contributed by atoms with Gasteiger partial charge in [0, 0.05) is 18.3 Å². The van der Waals surface area contributed by atoms with E-state index >= 15 is 0 Å². The van der Waals surface area contributed by atoms with Gasteiger partial charge < -0.3 is 10.0 Å². The lowest BCUT2D eigenvalue weighted by atomic mass is 10.2. The van der Waals surface area contributed by atoms with Crippen LogP contribution in [0.25, 0.3) is 0 Å². The Morgan fingerprint density at radius 2 is 2.21 bits per heavy atom. The van der Waals surface area contributed by atoms with Crippen molar-refractivity contribution < 1.29 is 9.90 Å². The lowest BCUT2D eigenvalue weighted by Crippen LogP contribution is -2.31. The molecule has 0 saturated carbocycles. The van der Waals surface area contributed by atoms with E-state index in [1.807, 2.05) is 6.92 Å². The molecule has 0 aliphatic heterocycles. The molecular formula is C13H12ClN3O2. The summed E-state index contributed by atoms with van der Waals surface area (Å²) in [5.74, 6) is -0.218. The lowest BCUT2D eigenvalue weighted by Gasteiger charge is -2.20. The van der Waals surface area contributed by atoms with E-state index < -0.39 is 0 Å². The van der Waals surface area contributed by atoms with Crippen molar-refractivity contribution in [3.63, 3.8) is 0 Å². The molecule has 1 heterocycles. The number of carbonyl (C=O) groups excluding carboxylic acids is 1. The Hall–Kier alpha value is -2.14. The number of aromatic nitrogens is 2. The zero-order valence-electron chi connectivity index (χ0n) is 10.2. The van der Waals surface area contributed by atoms with Crippen LogP contribution in [0.3, 0.4) is 0 Å². The van der Waals surface area contributed by atoms with Crippen LogP contribution in [0, 0.1) is 0 Å². The van der Waals surface area contributed by atoms with Gasteiger partial charge in [-0.15, -0.1) is 0 Å². The number of nitrogens with zero attached hydrogens (tertiary/aromatic N) is 3. The highest BCUT2D eigenvalue weighted by Crippen LogP contribution is 2.21. The van der Waals surface area contributed by atoms with E-state index in [1.165, 1.54) is 23.4 Å². The molecule has 1 amide bonds. The molecule has 0 radical (unpaired) electrons. The molecule has 0 aliphatic carbocycles. The van der Waals surface area contributed by atoms with Crippen molar-refractivity contribution in [2.45, 2.75) is 6.92 Å². The molecule has 0 aliphatic rings. The molecule has 98 valence electrons. The first kappa shape index (κ1) is 13.3. The predicted molar refractivity (Wildman–Crippen MR) is 72.5 cm³/mol. The summed E-state index contributed by atoms with van der Waals surface area (Å²) in [6.07, 6.45) is 2.72. The maximum atomic E-state index is 12.3. The average Bonchev–Trinajstić information content (AvgIpc) is 2.39. The number of benzene rings is 1. The molecule has 0 unspecified atom stereocenters. The van der Waals surface area contributed by atoms with Crippen LogP contribution in [0.5, 0.6) is 5.75 Å². The Labute approximate surface area is 115 Å². The number of phenols is 1. The summed E-state index contributed by atoms with van der Waals surface area (Å²) in [6.45, 7) is 2.27. The third-order valence-electron chi connectivity index (χ3n) is 2.53. The van der Waals surface area contributed by atoms with Crippen LogP contribution in [-0.2, 0) is 0 Å². The maximum absolute atomic E-state index is 12.3. The van der Waals surface area contributed by atoms with E-state index in [4.69, 9.17) is 11.6 Å². The van der Waals surface area contributed by atoms with Gasteiger partial charge >= 0.3 is 0 Å². The minimum atomic E-state index is -0.317. The fourth-order valence-corrected chi connectivity index (χ4v) is 1.84. The van der Waals surface area contributed by atoms with Crippen molar-refractivity contribution in [2.75, 3.05) is 11.4 Å².